The molecule has 3 aromatic heterocycles. The Kier molecular flexibility index (Phi) is 10.7. The largest absolute Gasteiger partial charge is 0.381 e. The Balaban J connectivity index is 0.00000196. The zero-order valence-electron chi connectivity index (χ0n) is 27.5. The molecule has 0 unspecified atom stereocenters. The van der Waals surface area contributed by atoms with Crippen LogP contribution in [0.2, 0.25) is 0 Å². The molecule has 45 heavy (non-hydrogen) atoms. The number of carbonyl (C=O) groups is 1. The van der Waals surface area contributed by atoms with Gasteiger partial charge in [0.1, 0.15) is 5.82 Å². The van der Waals surface area contributed by atoms with Gasteiger partial charge >= 0.3 is 0 Å². The monoisotopic (exact) mass is 612 g/mol. The van der Waals surface area contributed by atoms with E-state index in [-0.39, 0.29) is 18.0 Å². The van der Waals surface area contributed by atoms with E-state index in [4.69, 9.17) is 9.72 Å². The van der Waals surface area contributed by atoms with Gasteiger partial charge in [-0.1, -0.05) is 27.2 Å². The van der Waals surface area contributed by atoms with E-state index in [9.17, 15) is 9.59 Å². The maximum Gasteiger partial charge on any atom is 0.253 e. The molecule has 2 aliphatic rings. The second kappa shape index (κ2) is 14.9. The van der Waals surface area contributed by atoms with Crippen molar-refractivity contribution < 1.29 is 9.53 Å². The molecule has 1 aromatic carbocycles. The number of nitrogens with zero attached hydrogens (tertiary/aromatic N) is 4. The van der Waals surface area contributed by atoms with Gasteiger partial charge in [-0.3, -0.25) is 9.59 Å². The molecule has 2 saturated heterocycles. The maximum atomic E-state index is 13.9. The van der Waals surface area contributed by atoms with Crippen molar-refractivity contribution in [2.24, 2.45) is 0 Å². The van der Waals surface area contributed by atoms with E-state index in [0.717, 1.165) is 104 Å². The summed E-state index contributed by atoms with van der Waals surface area (Å²) in [4.78, 5) is 39.1. The van der Waals surface area contributed by atoms with Crippen molar-refractivity contribution in [1.29, 1.82) is 0 Å². The molecule has 6 rings (SSSR count). The van der Waals surface area contributed by atoms with Gasteiger partial charge in [0, 0.05) is 97.7 Å². The van der Waals surface area contributed by atoms with Gasteiger partial charge in [-0.05, 0) is 80.8 Å². The first kappa shape index (κ1) is 32.4. The van der Waals surface area contributed by atoms with Crippen LogP contribution >= 0.6 is 0 Å². The van der Waals surface area contributed by atoms with Crippen molar-refractivity contribution >= 4 is 22.6 Å². The molecular weight excluding hydrogens is 564 g/mol. The summed E-state index contributed by atoms with van der Waals surface area (Å²) in [6.07, 6.45) is 7.61. The summed E-state index contributed by atoms with van der Waals surface area (Å²) < 4.78 is 7.93. The lowest BCUT2D eigenvalue weighted by molar-refractivity contribution is 0.0707. The zero-order chi connectivity index (χ0) is 31.9. The summed E-state index contributed by atoms with van der Waals surface area (Å²) in [6.45, 7) is 13.6. The third kappa shape index (κ3) is 7.31. The molecule has 0 aliphatic carbocycles. The lowest BCUT2D eigenvalue weighted by Crippen LogP contribution is -2.44. The second-order valence-electron chi connectivity index (χ2n) is 11.9. The van der Waals surface area contributed by atoms with E-state index < -0.39 is 0 Å². The van der Waals surface area contributed by atoms with Gasteiger partial charge in [-0.2, -0.15) is 0 Å². The summed E-state index contributed by atoms with van der Waals surface area (Å²) in [5.41, 5.74) is 5.84. The van der Waals surface area contributed by atoms with Crippen LogP contribution in [0.5, 0.6) is 0 Å². The minimum Gasteiger partial charge on any atom is -0.381 e. The van der Waals surface area contributed by atoms with Gasteiger partial charge in [0.2, 0.25) is 0 Å². The first-order chi connectivity index (χ1) is 21.9. The third-order valence-electron chi connectivity index (χ3n) is 8.88. The molecule has 1 amide bonds. The topological polar surface area (TPSA) is 95.5 Å². The quantitative estimate of drug-likeness (QED) is 0.265. The second-order valence-corrected chi connectivity index (χ2v) is 11.9. The highest BCUT2D eigenvalue weighted by Crippen LogP contribution is 2.33. The standard InChI is InChI=1S/C34H42N6O3.C2H6/c1-4-5-24-18-23(2)37-34(42)30(24)22-36-33(41)29-19-26(20-31-28(29)8-11-40(31)27-9-16-43-17-10-27)25-6-7-32(35-21-25)39-14-12-38(3)13-15-39;1-2/h6-8,11,18-21,27H,4-5,9-10,12-17,22H2,1-3H3,(H,36,41)(H,37,42);1-2H3. The molecule has 2 N–H and O–H groups in total. The summed E-state index contributed by atoms with van der Waals surface area (Å²) in [5.74, 6) is 0.786. The van der Waals surface area contributed by atoms with Gasteiger partial charge in [0.05, 0.1) is 0 Å². The maximum absolute atomic E-state index is 13.9. The number of rotatable bonds is 8. The molecule has 0 bridgehead atoms. The average Bonchev–Trinajstić information content (AvgIpc) is 3.50. The Morgan fingerprint density at radius 3 is 2.49 bits per heavy atom. The van der Waals surface area contributed by atoms with Crippen molar-refractivity contribution in [3.8, 4) is 11.1 Å². The molecule has 9 nitrogen and oxygen atoms in total. The number of carbonyl (C=O) groups excluding carboxylic acids is 1. The van der Waals surface area contributed by atoms with E-state index >= 15 is 0 Å². The molecule has 240 valence electrons. The van der Waals surface area contributed by atoms with Gasteiger partial charge < -0.3 is 29.4 Å². The Labute approximate surface area is 266 Å². The van der Waals surface area contributed by atoms with Crippen LogP contribution in [0.1, 0.15) is 73.3 Å². The first-order valence-electron chi connectivity index (χ1n) is 16.5. The lowest BCUT2D eigenvalue weighted by Gasteiger charge is -2.33. The van der Waals surface area contributed by atoms with E-state index in [1.165, 1.54) is 0 Å². The molecule has 2 aliphatic heterocycles. The molecule has 5 heterocycles. The van der Waals surface area contributed by atoms with Gasteiger partial charge in [0.25, 0.3) is 11.5 Å². The molecule has 0 atom stereocenters. The van der Waals surface area contributed by atoms with Crippen LogP contribution in [0.4, 0.5) is 5.82 Å². The van der Waals surface area contributed by atoms with Crippen LogP contribution in [-0.4, -0.2) is 71.8 Å². The van der Waals surface area contributed by atoms with Crippen LogP contribution < -0.4 is 15.8 Å². The fourth-order valence-electron chi connectivity index (χ4n) is 6.41. The first-order valence-corrected chi connectivity index (χ1v) is 16.5. The van der Waals surface area contributed by atoms with Gasteiger partial charge in [0.15, 0.2) is 0 Å². The molecule has 4 aromatic rings. The van der Waals surface area contributed by atoms with Crippen LogP contribution in [0.25, 0.3) is 22.0 Å². The summed E-state index contributed by atoms with van der Waals surface area (Å²) >= 11 is 0. The smallest absolute Gasteiger partial charge is 0.253 e. The normalized spacial score (nSPS) is 16.0. The van der Waals surface area contributed by atoms with Crippen LogP contribution in [0.15, 0.2) is 53.6 Å². The van der Waals surface area contributed by atoms with Gasteiger partial charge in [-0.15, -0.1) is 0 Å². The van der Waals surface area contributed by atoms with E-state index in [0.29, 0.717) is 17.2 Å². The number of fused-ring (bicyclic) bond motifs is 1. The Morgan fingerprint density at radius 1 is 1.04 bits per heavy atom. The fourth-order valence-corrected chi connectivity index (χ4v) is 6.41. The number of hydrogen-bond donors (Lipinski definition) is 2. The number of aromatic amines is 1. The number of hydrogen-bond acceptors (Lipinski definition) is 6. The van der Waals surface area contributed by atoms with Crippen molar-refractivity contribution in [2.75, 3.05) is 51.3 Å². The van der Waals surface area contributed by atoms with E-state index in [1.54, 1.807) is 0 Å². The minimum atomic E-state index is -0.194. The Bertz CT molecular complexity index is 1640. The number of amides is 1. The number of ether oxygens (including phenoxy) is 1. The van der Waals surface area contributed by atoms with Crippen molar-refractivity contribution in [3.63, 3.8) is 0 Å². The molecular formula is C36H48N6O3. The number of benzene rings is 1. The van der Waals surface area contributed by atoms with Crippen LogP contribution in [0, 0.1) is 6.92 Å². The number of H-pyrrole nitrogens is 1. The average molecular weight is 613 g/mol. The summed E-state index contributed by atoms with van der Waals surface area (Å²) in [6, 6.07) is 12.7. The van der Waals surface area contributed by atoms with Gasteiger partial charge in [-0.25, -0.2) is 4.98 Å². The highest BCUT2D eigenvalue weighted by atomic mass is 16.5. The summed E-state index contributed by atoms with van der Waals surface area (Å²) in [5, 5.41) is 3.98. The van der Waals surface area contributed by atoms with E-state index in [2.05, 4.69) is 63.0 Å². The molecule has 0 spiro atoms. The zero-order valence-corrected chi connectivity index (χ0v) is 27.5. The van der Waals surface area contributed by atoms with Crippen molar-refractivity contribution in [2.45, 2.75) is 66.0 Å². The summed E-state index contributed by atoms with van der Waals surface area (Å²) in [7, 11) is 2.15. The number of piperazine rings is 1. The minimum absolute atomic E-state index is 0.139. The van der Waals surface area contributed by atoms with Crippen LogP contribution in [0.3, 0.4) is 0 Å². The molecule has 2 fully saturated rings. The SMILES string of the molecule is CC.CCCc1cc(C)[nH]c(=O)c1CNC(=O)c1cc(-c2ccc(N3CCN(C)CC3)nc2)cc2c1ccn2C1CCOCC1. The number of anilines is 1. The highest BCUT2D eigenvalue weighted by molar-refractivity contribution is 6.08. The third-order valence-corrected chi connectivity index (χ3v) is 8.88. The predicted molar refractivity (Wildman–Crippen MR) is 182 cm³/mol. The lowest BCUT2D eigenvalue weighted by atomic mass is 9.99. The Morgan fingerprint density at radius 2 is 1.80 bits per heavy atom. The molecule has 9 heteroatoms. The highest BCUT2D eigenvalue weighted by Gasteiger charge is 2.22. The van der Waals surface area contributed by atoms with Crippen molar-refractivity contribution in [1.82, 2.24) is 24.8 Å². The number of nitrogens with one attached hydrogen (secondary N) is 2. The Hall–Kier alpha value is -3.95. The van der Waals surface area contributed by atoms with E-state index in [1.807, 2.05) is 45.2 Å². The van der Waals surface area contributed by atoms with Crippen LogP contribution in [-0.2, 0) is 17.7 Å². The number of pyridine rings is 2. The molecule has 0 saturated carbocycles. The molecule has 0 radical (unpaired) electrons. The number of likely N-dealkylation sites (N-methyl/N-ethyl adjacent to an activating group) is 1. The fraction of sp³-hybridized carbons (Fsp3) is 0.472. The predicted octanol–water partition coefficient (Wildman–Crippen LogP) is 5.71. The van der Waals surface area contributed by atoms with Crippen molar-refractivity contribution in [3.05, 3.63) is 81.5 Å². The number of aryl methyl sites for hydroxylation is 2. The number of aromatic nitrogens is 3.